The van der Waals surface area contributed by atoms with Gasteiger partial charge in [0.2, 0.25) is 0 Å². The average Bonchev–Trinajstić information content (AvgIpc) is 3.09. The second-order valence-electron chi connectivity index (χ2n) is 7.02. The summed E-state index contributed by atoms with van der Waals surface area (Å²) in [7, 11) is 1.78. The monoisotopic (exact) mass is 365 g/mol. The summed E-state index contributed by atoms with van der Waals surface area (Å²) in [6, 6.07) is 6.40. The van der Waals surface area contributed by atoms with Gasteiger partial charge in [0.25, 0.3) is 5.91 Å². The highest BCUT2D eigenvalue weighted by molar-refractivity contribution is 5.96. The Morgan fingerprint density at radius 3 is 2.74 bits per heavy atom. The maximum atomic E-state index is 12.6. The molecule has 0 saturated carbocycles. The Morgan fingerprint density at radius 1 is 1.26 bits per heavy atom. The van der Waals surface area contributed by atoms with Crippen LogP contribution in [0.5, 0.6) is 0 Å². The molecule has 1 fully saturated rings. The van der Waals surface area contributed by atoms with Crippen molar-refractivity contribution in [1.29, 1.82) is 0 Å². The molecule has 0 bridgehead atoms. The van der Waals surface area contributed by atoms with Crippen LogP contribution in [-0.4, -0.2) is 54.9 Å². The number of carbonyl (C=O) groups is 1. The smallest absolute Gasteiger partial charge is 0.253 e. The molecule has 8 heteroatoms. The third-order valence-electron chi connectivity index (χ3n) is 5.30. The molecular formula is C19H23N7O. The van der Waals surface area contributed by atoms with Crippen molar-refractivity contribution in [2.45, 2.75) is 31.8 Å². The lowest BCUT2D eigenvalue weighted by atomic mass is 10.0. The number of likely N-dealkylation sites (tertiary alicyclic amines) is 1. The number of aromatic nitrogens is 5. The van der Waals surface area contributed by atoms with Gasteiger partial charge in [-0.05, 0) is 43.5 Å². The number of rotatable bonds is 4. The molecule has 3 aromatic rings. The zero-order chi connectivity index (χ0) is 18.8. The average molecular weight is 365 g/mol. The van der Waals surface area contributed by atoms with Gasteiger partial charge in [0.1, 0.15) is 5.52 Å². The molecule has 1 N–H and O–H groups in total. The second kappa shape index (κ2) is 7.40. The number of nitrogens with one attached hydrogen (secondary N) is 1. The van der Waals surface area contributed by atoms with E-state index in [2.05, 4.69) is 49.6 Å². The van der Waals surface area contributed by atoms with Crippen LogP contribution in [0.4, 0.5) is 0 Å². The molecule has 0 radical (unpaired) electrons. The van der Waals surface area contributed by atoms with Crippen LogP contribution in [0.15, 0.2) is 36.8 Å². The Balaban J connectivity index is 1.35. The van der Waals surface area contributed by atoms with Crippen molar-refractivity contribution in [2.75, 3.05) is 13.1 Å². The summed E-state index contributed by atoms with van der Waals surface area (Å²) in [5, 5.41) is 11.1. The summed E-state index contributed by atoms with van der Waals surface area (Å²) in [4.78, 5) is 23.4. The maximum Gasteiger partial charge on any atom is 0.253 e. The van der Waals surface area contributed by atoms with Crippen LogP contribution in [0.3, 0.4) is 0 Å². The van der Waals surface area contributed by atoms with Gasteiger partial charge in [0.05, 0.1) is 5.56 Å². The molecule has 4 heterocycles. The van der Waals surface area contributed by atoms with Gasteiger partial charge in [-0.15, -0.1) is 5.10 Å². The fourth-order valence-electron chi connectivity index (χ4n) is 3.60. The number of fused-ring (bicyclic) bond motifs is 1. The lowest BCUT2D eigenvalue weighted by Gasteiger charge is -2.36. The van der Waals surface area contributed by atoms with Crippen LogP contribution in [0, 0.1) is 0 Å². The Kier molecular flexibility index (Phi) is 4.81. The van der Waals surface area contributed by atoms with Crippen LogP contribution >= 0.6 is 0 Å². The Bertz CT molecular complexity index is 932. The molecule has 0 aliphatic carbocycles. The molecule has 1 aliphatic rings. The van der Waals surface area contributed by atoms with Crippen LogP contribution in [-0.2, 0) is 7.05 Å². The van der Waals surface area contributed by atoms with E-state index in [0.717, 1.165) is 25.9 Å². The number of hydrogen-bond acceptors (Lipinski definition) is 6. The van der Waals surface area contributed by atoms with E-state index >= 15 is 0 Å². The topological polar surface area (TPSA) is 88.8 Å². The van der Waals surface area contributed by atoms with E-state index in [4.69, 9.17) is 0 Å². The first-order chi connectivity index (χ1) is 13.1. The Labute approximate surface area is 157 Å². The predicted octanol–water partition coefficient (Wildman–Crippen LogP) is 1.71. The molecule has 1 saturated heterocycles. The standard InChI is InChI=1S/C19H23N7O/c1-13(14-3-7-20-8-4-14)26-9-5-16(6-10-26)22-19(27)15-11-17-18(21-12-15)25(2)24-23-17/h3-4,7-8,11-13,16H,5-6,9-10H2,1-2H3,(H,22,27)/t13-/m0/s1. The van der Waals surface area contributed by atoms with Crippen molar-refractivity contribution in [3.8, 4) is 0 Å². The van der Waals surface area contributed by atoms with E-state index in [0.29, 0.717) is 22.8 Å². The first-order valence-electron chi connectivity index (χ1n) is 9.22. The number of pyridine rings is 2. The Morgan fingerprint density at radius 2 is 2.00 bits per heavy atom. The summed E-state index contributed by atoms with van der Waals surface area (Å²) in [6.45, 7) is 4.13. The van der Waals surface area contributed by atoms with Crippen molar-refractivity contribution in [3.05, 3.63) is 47.9 Å². The second-order valence-corrected chi connectivity index (χ2v) is 7.02. The SMILES string of the molecule is C[C@@H](c1ccncc1)N1CCC(NC(=O)c2cnc3c(c2)nnn3C)CC1. The third-order valence-corrected chi connectivity index (χ3v) is 5.30. The zero-order valence-corrected chi connectivity index (χ0v) is 15.5. The molecule has 0 spiro atoms. The number of carbonyl (C=O) groups excluding carboxylic acids is 1. The highest BCUT2D eigenvalue weighted by Crippen LogP contribution is 2.23. The quantitative estimate of drug-likeness (QED) is 0.757. The summed E-state index contributed by atoms with van der Waals surface area (Å²) in [6.07, 6.45) is 7.12. The minimum absolute atomic E-state index is 0.101. The van der Waals surface area contributed by atoms with Gasteiger partial charge >= 0.3 is 0 Å². The lowest BCUT2D eigenvalue weighted by Crippen LogP contribution is -2.45. The fourth-order valence-corrected chi connectivity index (χ4v) is 3.60. The first kappa shape index (κ1) is 17.5. The van der Waals surface area contributed by atoms with E-state index in [1.165, 1.54) is 5.56 Å². The normalized spacial score (nSPS) is 17.1. The lowest BCUT2D eigenvalue weighted by molar-refractivity contribution is 0.0895. The summed E-state index contributed by atoms with van der Waals surface area (Å²) in [5.41, 5.74) is 3.10. The molecule has 4 rings (SSSR count). The molecule has 0 aromatic carbocycles. The van der Waals surface area contributed by atoms with Crippen molar-refractivity contribution in [3.63, 3.8) is 0 Å². The van der Waals surface area contributed by atoms with E-state index in [1.54, 1.807) is 24.0 Å². The summed E-state index contributed by atoms with van der Waals surface area (Å²) >= 11 is 0. The van der Waals surface area contributed by atoms with Gasteiger partial charge in [0, 0.05) is 50.8 Å². The third kappa shape index (κ3) is 3.66. The van der Waals surface area contributed by atoms with Crippen molar-refractivity contribution >= 4 is 17.1 Å². The van der Waals surface area contributed by atoms with Crippen LogP contribution < -0.4 is 5.32 Å². The van der Waals surface area contributed by atoms with E-state index in [9.17, 15) is 4.79 Å². The van der Waals surface area contributed by atoms with Gasteiger partial charge in [-0.3, -0.25) is 14.7 Å². The van der Waals surface area contributed by atoms with Crippen LogP contribution in [0.2, 0.25) is 0 Å². The van der Waals surface area contributed by atoms with Crippen LogP contribution in [0.25, 0.3) is 11.2 Å². The number of piperidine rings is 1. The first-order valence-corrected chi connectivity index (χ1v) is 9.22. The van der Waals surface area contributed by atoms with Crippen molar-refractivity contribution in [1.82, 2.24) is 35.2 Å². The number of nitrogens with zero attached hydrogens (tertiary/aromatic N) is 6. The maximum absolute atomic E-state index is 12.6. The minimum atomic E-state index is -0.101. The molecule has 3 aromatic heterocycles. The molecule has 8 nitrogen and oxygen atoms in total. The van der Waals surface area contributed by atoms with Gasteiger partial charge in [-0.1, -0.05) is 5.21 Å². The van der Waals surface area contributed by atoms with E-state index in [1.807, 2.05) is 12.4 Å². The highest BCUT2D eigenvalue weighted by Gasteiger charge is 2.25. The summed E-state index contributed by atoms with van der Waals surface area (Å²) < 4.78 is 1.59. The zero-order valence-electron chi connectivity index (χ0n) is 15.5. The predicted molar refractivity (Wildman–Crippen MR) is 101 cm³/mol. The molecule has 1 aliphatic heterocycles. The number of amides is 1. The molecular weight excluding hydrogens is 342 g/mol. The molecule has 1 amide bonds. The number of aryl methyl sites for hydroxylation is 1. The Hall–Kier alpha value is -2.87. The molecule has 140 valence electrons. The van der Waals surface area contributed by atoms with Gasteiger partial charge < -0.3 is 5.32 Å². The molecule has 0 unspecified atom stereocenters. The molecule has 27 heavy (non-hydrogen) atoms. The van der Waals surface area contributed by atoms with Gasteiger partial charge in [-0.2, -0.15) is 0 Å². The van der Waals surface area contributed by atoms with E-state index < -0.39 is 0 Å². The number of hydrogen-bond donors (Lipinski definition) is 1. The highest BCUT2D eigenvalue weighted by atomic mass is 16.1. The van der Waals surface area contributed by atoms with Crippen molar-refractivity contribution < 1.29 is 4.79 Å². The minimum Gasteiger partial charge on any atom is -0.349 e. The summed E-state index contributed by atoms with van der Waals surface area (Å²) in [5.74, 6) is -0.101. The van der Waals surface area contributed by atoms with Gasteiger partial charge in [-0.25, -0.2) is 9.67 Å². The molecule has 1 atom stereocenters. The largest absolute Gasteiger partial charge is 0.349 e. The van der Waals surface area contributed by atoms with E-state index in [-0.39, 0.29) is 11.9 Å². The van der Waals surface area contributed by atoms with Gasteiger partial charge in [0.15, 0.2) is 5.65 Å². The van der Waals surface area contributed by atoms with Crippen LogP contribution in [0.1, 0.15) is 41.7 Å². The van der Waals surface area contributed by atoms with Crippen molar-refractivity contribution in [2.24, 2.45) is 7.05 Å². The fraction of sp³-hybridized carbons (Fsp3) is 0.421.